The topological polar surface area (TPSA) is 85.8 Å². The summed E-state index contributed by atoms with van der Waals surface area (Å²) in [6.45, 7) is 5.66. The van der Waals surface area contributed by atoms with Crippen molar-refractivity contribution in [3.8, 4) is 11.4 Å². The maximum Gasteiger partial charge on any atom is 0.166 e. The van der Waals surface area contributed by atoms with Crippen molar-refractivity contribution in [2.75, 3.05) is 18.8 Å². The number of aromatic nitrogens is 5. The van der Waals surface area contributed by atoms with Gasteiger partial charge in [0.2, 0.25) is 0 Å². The molecule has 0 spiro atoms. The largest absolute Gasteiger partial charge is 0.382 e. The molecule has 1 saturated heterocycles. The van der Waals surface area contributed by atoms with Crippen LogP contribution in [0, 0.1) is 12.7 Å². The Kier molecular flexibility index (Phi) is 5.07. The molecule has 2 N–H and O–H groups in total. The molecule has 7 nitrogen and oxygen atoms in total. The van der Waals surface area contributed by atoms with Crippen LogP contribution in [0.5, 0.6) is 0 Å². The van der Waals surface area contributed by atoms with E-state index in [-0.39, 0.29) is 0 Å². The number of nitrogens with two attached hydrogens (primary N) is 1. The van der Waals surface area contributed by atoms with Gasteiger partial charge in [0.1, 0.15) is 17.5 Å². The van der Waals surface area contributed by atoms with Crippen molar-refractivity contribution in [2.45, 2.75) is 32.9 Å². The van der Waals surface area contributed by atoms with Crippen molar-refractivity contribution in [2.24, 2.45) is 0 Å². The Hall–Kier alpha value is -3.39. The quantitative estimate of drug-likeness (QED) is 0.534. The summed E-state index contributed by atoms with van der Waals surface area (Å²) in [4.78, 5) is 19.9. The molecule has 0 bridgehead atoms. The van der Waals surface area contributed by atoms with Crippen molar-refractivity contribution in [3.05, 3.63) is 65.5 Å². The lowest BCUT2D eigenvalue weighted by Crippen LogP contribution is -2.18. The summed E-state index contributed by atoms with van der Waals surface area (Å²) >= 11 is 0. The standard InChI is InChI=1S/C23H24FN7/c1-15-27-21(25)20-23(28-15)31(22(29-20)18-10-19(24)12-26-11-18)14-17-6-4-16(5-7-17)13-30-8-2-3-9-30/h4-7,10-12H,2-3,8-9,13-14H2,1H3,(H2,25,27,28). The summed E-state index contributed by atoms with van der Waals surface area (Å²) < 4.78 is 15.8. The predicted octanol–water partition coefficient (Wildman–Crippen LogP) is 3.56. The molecule has 0 amide bonds. The molecule has 4 aromatic rings. The normalized spacial score (nSPS) is 14.5. The Labute approximate surface area is 179 Å². The van der Waals surface area contributed by atoms with Crippen LogP contribution < -0.4 is 5.73 Å². The number of nitrogens with zero attached hydrogens (tertiary/aromatic N) is 6. The smallest absolute Gasteiger partial charge is 0.166 e. The molecule has 1 aliphatic heterocycles. The molecule has 1 fully saturated rings. The van der Waals surface area contributed by atoms with Gasteiger partial charge in [-0.15, -0.1) is 0 Å². The molecule has 3 aromatic heterocycles. The van der Waals surface area contributed by atoms with Gasteiger partial charge in [-0.2, -0.15) is 0 Å². The first-order valence-electron chi connectivity index (χ1n) is 10.5. The minimum atomic E-state index is -0.419. The van der Waals surface area contributed by atoms with Crippen LogP contribution >= 0.6 is 0 Å². The number of nitrogen functional groups attached to an aromatic ring is 1. The van der Waals surface area contributed by atoms with Crippen molar-refractivity contribution in [1.82, 2.24) is 29.4 Å². The molecule has 1 aromatic carbocycles. The predicted molar refractivity (Wildman–Crippen MR) is 118 cm³/mol. The second-order valence-electron chi connectivity index (χ2n) is 8.04. The summed E-state index contributed by atoms with van der Waals surface area (Å²) in [5.74, 6) is 1.02. The summed E-state index contributed by atoms with van der Waals surface area (Å²) in [5.41, 5.74) is 10.2. The maximum absolute atomic E-state index is 13.9. The van der Waals surface area contributed by atoms with Crippen LogP contribution in [0.2, 0.25) is 0 Å². The third kappa shape index (κ3) is 3.98. The van der Waals surface area contributed by atoms with Gasteiger partial charge >= 0.3 is 0 Å². The van der Waals surface area contributed by atoms with E-state index >= 15 is 0 Å². The third-order valence-electron chi connectivity index (χ3n) is 5.67. The molecular formula is C23H24FN7. The van der Waals surface area contributed by atoms with E-state index in [1.54, 1.807) is 13.1 Å². The summed E-state index contributed by atoms with van der Waals surface area (Å²) in [6.07, 6.45) is 5.34. The van der Waals surface area contributed by atoms with Gasteiger partial charge in [-0.05, 0) is 50.0 Å². The van der Waals surface area contributed by atoms with Crippen LogP contribution in [-0.2, 0) is 13.1 Å². The van der Waals surface area contributed by atoms with E-state index in [9.17, 15) is 4.39 Å². The zero-order valence-corrected chi connectivity index (χ0v) is 17.4. The zero-order chi connectivity index (χ0) is 21.4. The van der Waals surface area contributed by atoms with Crippen molar-refractivity contribution in [1.29, 1.82) is 0 Å². The first-order chi connectivity index (χ1) is 15.1. The van der Waals surface area contributed by atoms with Gasteiger partial charge in [0, 0.05) is 18.3 Å². The first-order valence-corrected chi connectivity index (χ1v) is 10.5. The van der Waals surface area contributed by atoms with Gasteiger partial charge in [0.25, 0.3) is 0 Å². The van der Waals surface area contributed by atoms with Crippen molar-refractivity contribution in [3.63, 3.8) is 0 Å². The number of halogens is 1. The first kappa shape index (κ1) is 19.6. The third-order valence-corrected chi connectivity index (χ3v) is 5.67. The van der Waals surface area contributed by atoms with Crippen molar-refractivity contribution < 1.29 is 4.39 Å². The van der Waals surface area contributed by atoms with Gasteiger partial charge in [0.15, 0.2) is 17.0 Å². The number of likely N-dealkylation sites (tertiary alicyclic amines) is 1. The Morgan fingerprint density at radius 2 is 1.68 bits per heavy atom. The fourth-order valence-electron chi connectivity index (χ4n) is 4.17. The van der Waals surface area contributed by atoms with Crippen LogP contribution in [0.1, 0.15) is 29.8 Å². The van der Waals surface area contributed by atoms with E-state index in [0.717, 1.165) is 12.1 Å². The minimum absolute atomic E-state index is 0.313. The molecule has 31 heavy (non-hydrogen) atoms. The number of hydrogen-bond donors (Lipinski definition) is 1. The van der Waals surface area contributed by atoms with Crippen LogP contribution in [0.3, 0.4) is 0 Å². The molecule has 158 valence electrons. The van der Waals surface area contributed by atoms with Gasteiger partial charge in [-0.25, -0.2) is 19.3 Å². The van der Waals surface area contributed by atoms with E-state index in [1.807, 2.05) is 4.57 Å². The van der Waals surface area contributed by atoms with E-state index in [2.05, 4.69) is 49.1 Å². The lowest BCUT2D eigenvalue weighted by Gasteiger charge is -2.15. The fraction of sp³-hybridized carbons (Fsp3) is 0.304. The lowest BCUT2D eigenvalue weighted by molar-refractivity contribution is 0.331. The van der Waals surface area contributed by atoms with E-state index in [0.29, 0.717) is 40.7 Å². The zero-order valence-electron chi connectivity index (χ0n) is 17.4. The second kappa shape index (κ2) is 8.03. The Morgan fingerprint density at radius 1 is 0.968 bits per heavy atom. The Bertz CT molecular complexity index is 1230. The highest BCUT2D eigenvalue weighted by atomic mass is 19.1. The lowest BCUT2D eigenvalue weighted by atomic mass is 10.1. The number of anilines is 1. The number of fused-ring (bicyclic) bond motifs is 1. The summed E-state index contributed by atoms with van der Waals surface area (Å²) in [6, 6.07) is 10.0. The number of rotatable bonds is 5. The van der Waals surface area contributed by atoms with Crippen LogP contribution in [0.15, 0.2) is 42.7 Å². The second-order valence-corrected chi connectivity index (χ2v) is 8.04. The van der Waals surface area contributed by atoms with Crippen LogP contribution in [0.4, 0.5) is 10.2 Å². The van der Waals surface area contributed by atoms with Gasteiger partial charge < -0.3 is 10.3 Å². The average molecular weight is 417 g/mol. The molecule has 0 atom stereocenters. The maximum atomic E-state index is 13.9. The molecule has 0 saturated carbocycles. The van der Waals surface area contributed by atoms with Crippen LogP contribution in [0.25, 0.3) is 22.6 Å². The molecule has 0 unspecified atom stereocenters. The average Bonchev–Trinajstić information content (AvgIpc) is 3.38. The Balaban J connectivity index is 1.52. The molecule has 0 aliphatic carbocycles. The van der Waals surface area contributed by atoms with Gasteiger partial charge in [0.05, 0.1) is 12.7 Å². The van der Waals surface area contributed by atoms with Crippen LogP contribution in [-0.4, -0.2) is 42.5 Å². The summed E-state index contributed by atoms with van der Waals surface area (Å²) in [5, 5.41) is 0. The molecule has 4 heterocycles. The molecule has 8 heteroatoms. The van der Waals surface area contributed by atoms with E-state index in [4.69, 9.17) is 5.73 Å². The fourth-order valence-corrected chi connectivity index (χ4v) is 4.17. The highest BCUT2D eigenvalue weighted by Crippen LogP contribution is 2.27. The molecular weight excluding hydrogens is 393 g/mol. The minimum Gasteiger partial charge on any atom is -0.382 e. The summed E-state index contributed by atoms with van der Waals surface area (Å²) in [7, 11) is 0. The Morgan fingerprint density at radius 3 is 2.39 bits per heavy atom. The number of imidazole rings is 1. The van der Waals surface area contributed by atoms with Gasteiger partial charge in [-0.1, -0.05) is 24.3 Å². The van der Waals surface area contributed by atoms with E-state index in [1.165, 1.54) is 43.8 Å². The highest BCUT2D eigenvalue weighted by Gasteiger charge is 2.18. The number of pyridine rings is 1. The number of benzene rings is 1. The number of aryl methyl sites for hydroxylation is 1. The molecule has 1 aliphatic rings. The highest BCUT2D eigenvalue weighted by molar-refractivity contribution is 5.85. The monoisotopic (exact) mass is 417 g/mol. The SMILES string of the molecule is Cc1nc(N)c2nc(-c3cncc(F)c3)n(Cc3ccc(CN4CCCC4)cc3)c2n1. The molecule has 0 radical (unpaired) electrons. The van der Waals surface area contributed by atoms with Crippen molar-refractivity contribution >= 4 is 17.0 Å². The number of hydrogen-bond acceptors (Lipinski definition) is 6. The molecule has 5 rings (SSSR count). The van der Waals surface area contributed by atoms with E-state index < -0.39 is 5.82 Å². The van der Waals surface area contributed by atoms with Gasteiger partial charge in [-0.3, -0.25) is 9.88 Å².